The molecule has 0 N–H and O–H groups in total. The topological polar surface area (TPSA) is 60.7 Å². The van der Waals surface area contributed by atoms with Gasteiger partial charge in [0, 0.05) is 10.6 Å². The summed E-state index contributed by atoms with van der Waals surface area (Å²) in [5.74, 6) is -0.754. The van der Waals surface area contributed by atoms with Gasteiger partial charge in [-0.05, 0) is 55.8 Å². The normalized spacial score (nSPS) is 11.7. The number of esters is 1. The fraction of sp³-hybridized carbons (Fsp3) is 0.211. The quantitative estimate of drug-likeness (QED) is 0.635. The van der Waals surface area contributed by atoms with Crippen molar-refractivity contribution in [2.24, 2.45) is 4.99 Å². The standard InChI is InChI=1S/C19H17ClN2O3S/c1-3-25-17(23)11-22-15-9-4-12(2)10-16(15)26-19(22)21-18(24)13-5-7-14(20)8-6-13/h4-10H,3,11H2,1-2H3. The number of hydrogen-bond acceptors (Lipinski definition) is 4. The van der Waals surface area contributed by atoms with E-state index in [0.717, 1.165) is 15.8 Å². The fourth-order valence-electron chi connectivity index (χ4n) is 2.50. The lowest BCUT2D eigenvalue weighted by molar-refractivity contribution is -0.143. The van der Waals surface area contributed by atoms with Gasteiger partial charge in [-0.25, -0.2) is 0 Å². The number of rotatable bonds is 4. The number of benzene rings is 2. The summed E-state index contributed by atoms with van der Waals surface area (Å²) in [5.41, 5.74) is 2.37. The van der Waals surface area contributed by atoms with Crippen molar-refractivity contribution in [3.8, 4) is 0 Å². The van der Waals surface area contributed by atoms with Crippen LogP contribution in [0.2, 0.25) is 5.02 Å². The molecule has 1 heterocycles. The van der Waals surface area contributed by atoms with Gasteiger partial charge >= 0.3 is 5.97 Å². The average Bonchev–Trinajstić information content (AvgIpc) is 2.92. The van der Waals surface area contributed by atoms with Crippen LogP contribution in [0.3, 0.4) is 0 Å². The summed E-state index contributed by atoms with van der Waals surface area (Å²) >= 11 is 7.23. The van der Waals surface area contributed by atoms with Gasteiger partial charge in [0.1, 0.15) is 6.54 Å². The molecule has 5 nitrogen and oxygen atoms in total. The van der Waals surface area contributed by atoms with Crippen LogP contribution in [0.1, 0.15) is 22.8 Å². The molecule has 2 aromatic carbocycles. The summed E-state index contributed by atoms with van der Waals surface area (Å²) in [7, 11) is 0. The van der Waals surface area contributed by atoms with E-state index in [2.05, 4.69) is 4.99 Å². The smallest absolute Gasteiger partial charge is 0.326 e. The predicted octanol–water partition coefficient (Wildman–Crippen LogP) is 3.97. The Morgan fingerprint density at radius 1 is 1.19 bits per heavy atom. The van der Waals surface area contributed by atoms with Gasteiger partial charge in [-0.2, -0.15) is 4.99 Å². The summed E-state index contributed by atoms with van der Waals surface area (Å²) in [6.07, 6.45) is 0. The molecule has 0 unspecified atom stereocenters. The highest BCUT2D eigenvalue weighted by atomic mass is 35.5. The number of nitrogens with zero attached hydrogens (tertiary/aromatic N) is 2. The lowest BCUT2D eigenvalue weighted by atomic mass is 10.2. The van der Waals surface area contributed by atoms with E-state index in [1.807, 2.05) is 25.1 Å². The van der Waals surface area contributed by atoms with E-state index in [1.165, 1.54) is 11.3 Å². The zero-order valence-corrected chi connectivity index (χ0v) is 15.9. The predicted molar refractivity (Wildman–Crippen MR) is 103 cm³/mol. The molecule has 1 amide bonds. The van der Waals surface area contributed by atoms with Gasteiger partial charge in [-0.3, -0.25) is 9.59 Å². The van der Waals surface area contributed by atoms with Gasteiger partial charge in [0.25, 0.3) is 5.91 Å². The number of fused-ring (bicyclic) bond motifs is 1. The van der Waals surface area contributed by atoms with Crippen LogP contribution < -0.4 is 4.80 Å². The molecule has 0 spiro atoms. The van der Waals surface area contributed by atoms with Crippen LogP contribution in [-0.4, -0.2) is 23.1 Å². The van der Waals surface area contributed by atoms with Crippen LogP contribution in [0.25, 0.3) is 10.2 Å². The Bertz CT molecular complexity index is 1040. The third kappa shape index (κ3) is 4.03. The van der Waals surface area contributed by atoms with Crippen LogP contribution in [0.4, 0.5) is 0 Å². The van der Waals surface area contributed by atoms with E-state index in [4.69, 9.17) is 16.3 Å². The molecular formula is C19H17ClN2O3S. The minimum absolute atomic E-state index is 0.00360. The third-order valence-corrected chi connectivity index (χ3v) is 5.01. The second-order valence-electron chi connectivity index (χ2n) is 5.67. The first-order valence-electron chi connectivity index (χ1n) is 8.08. The van der Waals surface area contributed by atoms with E-state index < -0.39 is 0 Å². The van der Waals surface area contributed by atoms with Crippen molar-refractivity contribution in [3.63, 3.8) is 0 Å². The van der Waals surface area contributed by atoms with E-state index in [9.17, 15) is 9.59 Å². The van der Waals surface area contributed by atoms with Crippen molar-refractivity contribution < 1.29 is 14.3 Å². The zero-order valence-electron chi connectivity index (χ0n) is 14.4. The molecule has 3 rings (SSSR count). The van der Waals surface area contributed by atoms with Gasteiger partial charge < -0.3 is 9.30 Å². The Balaban J connectivity index is 2.09. The van der Waals surface area contributed by atoms with Gasteiger partial charge in [0.2, 0.25) is 0 Å². The van der Waals surface area contributed by atoms with E-state index in [-0.39, 0.29) is 18.4 Å². The SMILES string of the molecule is CCOC(=O)Cn1c(=NC(=O)c2ccc(Cl)cc2)sc2cc(C)ccc21. The molecule has 134 valence electrons. The molecule has 3 aromatic rings. The molecule has 0 atom stereocenters. The summed E-state index contributed by atoms with van der Waals surface area (Å²) < 4.78 is 7.72. The van der Waals surface area contributed by atoms with Crippen LogP contribution >= 0.6 is 22.9 Å². The van der Waals surface area contributed by atoms with Crippen molar-refractivity contribution in [2.45, 2.75) is 20.4 Å². The molecule has 7 heteroatoms. The third-order valence-electron chi connectivity index (χ3n) is 3.72. The van der Waals surface area contributed by atoms with Crippen LogP contribution in [-0.2, 0) is 16.1 Å². The first-order chi connectivity index (χ1) is 12.5. The van der Waals surface area contributed by atoms with Crippen molar-refractivity contribution in [1.82, 2.24) is 4.57 Å². The number of aromatic nitrogens is 1. The molecular weight excluding hydrogens is 372 g/mol. The Morgan fingerprint density at radius 3 is 2.62 bits per heavy atom. The number of aryl methyl sites for hydroxylation is 1. The monoisotopic (exact) mass is 388 g/mol. The molecule has 1 aromatic heterocycles. The first kappa shape index (κ1) is 18.4. The van der Waals surface area contributed by atoms with E-state index >= 15 is 0 Å². The van der Waals surface area contributed by atoms with Gasteiger partial charge in [-0.15, -0.1) is 0 Å². The fourth-order valence-corrected chi connectivity index (χ4v) is 3.75. The highest BCUT2D eigenvalue weighted by molar-refractivity contribution is 7.16. The maximum absolute atomic E-state index is 12.5. The maximum Gasteiger partial charge on any atom is 0.326 e. The van der Waals surface area contributed by atoms with Crippen molar-refractivity contribution >= 4 is 45.0 Å². The molecule has 26 heavy (non-hydrogen) atoms. The number of ether oxygens (including phenoxy) is 1. The van der Waals surface area contributed by atoms with Crippen LogP contribution in [0, 0.1) is 6.92 Å². The van der Waals surface area contributed by atoms with E-state index in [0.29, 0.717) is 22.0 Å². The van der Waals surface area contributed by atoms with Crippen molar-refractivity contribution in [1.29, 1.82) is 0 Å². The van der Waals surface area contributed by atoms with Gasteiger partial charge in [0.05, 0.1) is 16.8 Å². The molecule has 0 saturated carbocycles. The van der Waals surface area contributed by atoms with Gasteiger partial charge in [0.15, 0.2) is 4.80 Å². The van der Waals surface area contributed by atoms with Crippen LogP contribution in [0.15, 0.2) is 47.5 Å². The zero-order chi connectivity index (χ0) is 18.7. The lowest BCUT2D eigenvalue weighted by Gasteiger charge is -2.05. The Kier molecular flexibility index (Phi) is 5.54. The number of hydrogen-bond donors (Lipinski definition) is 0. The molecule has 0 radical (unpaired) electrons. The van der Waals surface area contributed by atoms with Crippen LogP contribution in [0.5, 0.6) is 0 Å². The highest BCUT2D eigenvalue weighted by Gasteiger charge is 2.13. The Morgan fingerprint density at radius 2 is 1.92 bits per heavy atom. The van der Waals surface area contributed by atoms with Crippen molar-refractivity contribution in [2.75, 3.05) is 6.61 Å². The summed E-state index contributed by atoms with van der Waals surface area (Å²) in [6.45, 7) is 4.05. The molecule has 0 saturated heterocycles. The second kappa shape index (κ2) is 7.85. The largest absolute Gasteiger partial charge is 0.465 e. The molecule has 0 bridgehead atoms. The summed E-state index contributed by atoms with van der Waals surface area (Å²) in [5, 5.41) is 0.552. The molecule has 0 fully saturated rings. The van der Waals surface area contributed by atoms with Crippen molar-refractivity contribution in [3.05, 3.63) is 63.4 Å². The highest BCUT2D eigenvalue weighted by Crippen LogP contribution is 2.19. The number of carbonyl (C=O) groups excluding carboxylic acids is 2. The Hall–Kier alpha value is -2.44. The number of amides is 1. The maximum atomic E-state index is 12.5. The second-order valence-corrected chi connectivity index (χ2v) is 7.12. The summed E-state index contributed by atoms with van der Waals surface area (Å²) in [6, 6.07) is 12.4. The Labute approximate surface area is 159 Å². The number of halogens is 1. The lowest BCUT2D eigenvalue weighted by Crippen LogP contribution is -2.23. The minimum atomic E-state index is -0.387. The molecule has 0 aliphatic heterocycles. The van der Waals surface area contributed by atoms with Gasteiger partial charge in [-0.1, -0.05) is 29.0 Å². The number of thiazole rings is 1. The molecule has 0 aliphatic carbocycles. The first-order valence-corrected chi connectivity index (χ1v) is 9.27. The minimum Gasteiger partial charge on any atom is -0.465 e. The average molecular weight is 389 g/mol. The molecule has 0 aliphatic rings. The number of carbonyl (C=O) groups is 2. The van der Waals surface area contributed by atoms with E-state index in [1.54, 1.807) is 35.8 Å². The summed E-state index contributed by atoms with van der Waals surface area (Å²) in [4.78, 5) is 29.2.